The van der Waals surface area contributed by atoms with Crippen LogP contribution in [0.4, 0.5) is 4.39 Å². The molecule has 0 fully saturated rings. The first-order valence-electron chi connectivity index (χ1n) is 4.83. The molecule has 0 radical (unpaired) electrons. The van der Waals surface area contributed by atoms with Crippen molar-refractivity contribution in [3.05, 3.63) is 62.5 Å². The number of hydrogen-bond donors (Lipinski definition) is 1. The van der Waals surface area contributed by atoms with E-state index in [1.807, 2.05) is 0 Å². The monoisotopic (exact) mass is 359 g/mol. The maximum absolute atomic E-state index is 13.6. The fourth-order valence-electron chi connectivity index (χ4n) is 1.47. The summed E-state index contributed by atoms with van der Waals surface area (Å²) < 4.78 is 15.0. The summed E-state index contributed by atoms with van der Waals surface area (Å²) in [5.41, 5.74) is 0.586. The van der Waals surface area contributed by atoms with Gasteiger partial charge in [0.2, 0.25) is 0 Å². The molecule has 2 aromatic rings. The summed E-state index contributed by atoms with van der Waals surface area (Å²) in [5, 5.41) is 10.1. The third kappa shape index (κ3) is 2.73. The SMILES string of the molecule is OC(c1cc(Br)ccc1F)c1ncccc1Br. The smallest absolute Gasteiger partial charge is 0.129 e. The van der Waals surface area contributed by atoms with Crippen molar-refractivity contribution in [1.29, 1.82) is 0 Å². The van der Waals surface area contributed by atoms with E-state index in [4.69, 9.17) is 0 Å². The number of nitrogens with zero attached hydrogens (tertiary/aromatic N) is 1. The lowest BCUT2D eigenvalue weighted by Crippen LogP contribution is -2.05. The van der Waals surface area contributed by atoms with E-state index in [2.05, 4.69) is 36.8 Å². The van der Waals surface area contributed by atoms with E-state index >= 15 is 0 Å². The van der Waals surface area contributed by atoms with Gasteiger partial charge in [0.1, 0.15) is 11.9 Å². The second-order valence-electron chi connectivity index (χ2n) is 3.44. The van der Waals surface area contributed by atoms with Gasteiger partial charge in [0, 0.05) is 20.7 Å². The summed E-state index contributed by atoms with van der Waals surface area (Å²) in [7, 11) is 0. The molecule has 0 aliphatic heterocycles. The minimum atomic E-state index is -1.09. The number of aliphatic hydroxyl groups is 1. The second-order valence-corrected chi connectivity index (χ2v) is 5.21. The molecule has 0 aliphatic rings. The topological polar surface area (TPSA) is 33.1 Å². The van der Waals surface area contributed by atoms with Crippen molar-refractivity contribution in [2.24, 2.45) is 0 Å². The Morgan fingerprint density at radius 1 is 1.24 bits per heavy atom. The Morgan fingerprint density at radius 2 is 2.00 bits per heavy atom. The first-order valence-corrected chi connectivity index (χ1v) is 6.41. The molecule has 0 saturated heterocycles. The van der Waals surface area contributed by atoms with Crippen molar-refractivity contribution in [2.75, 3.05) is 0 Å². The summed E-state index contributed by atoms with van der Waals surface area (Å²) >= 11 is 6.53. The number of rotatable bonds is 2. The third-order valence-corrected chi connectivity index (χ3v) is 3.46. The van der Waals surface area contributed by atoms with Crippen molar-refractivity contribution in [2.45, 2.75) is 6.10 Å². The lowest BCUT2D eigenvalue weighted by atomic mass is 10.1. The largest absolute Gasteiger partial charge is 0.382 e. The van der Waals surface area contributed by atoms with E-state index in [1.54, 1.807) is 30.5 Å². The zero-order valence-corrected chi connectivity index (χ0v) is 11.7. The second kappa shape index (κ2) is 5.25. The van der Waals surface area contributed by atoms with Crippen LogP contribution in [-0.2, 0) is 0 Å². The summed E-state index contributed by atoms with van der Waals surface area (Å²) in [6.45, 7) is 0. The van der Waals surface area contributed by atoms with Gasteiger partial charge in [0.15, 0.2) is 0 Å². The van der Waals surface area contributed by atoms with E-state index in [-0.39, 0.29) is 5.56 Å². The van der Waals surface area contributed by atoms with Gasteiger partial charge in [0.25, 0.3) is 0 Å². The molecule has 2 nitrogen and oxygen atoms in total. The number of aromatic nitrogens is 1. The Hall–Kier alpha value is -0.780. The predicted molar refractivity (Wildman–Crippen MR) is 70.1 cm³/mol. The lowest BCUT2D eigenvalue weighted by Gasteiger charge is -2.13. The number of halogens is 3. The molecule has 17 heavy (non-hydrogen) atoms. The molecule has 1 aromatic heterocycles. The lowest BCUT2D eigenvalue weighted by molar-refractivity contribution is 0.209. The zero-order valence-electron chi connectivity index (χ0n) is 8.57. The molecule has 1 N–H and O–H groups in total. The summed E-state index contributed by atoms with van der Waals surface area (Å²) in [6, 6.07) is 7.92. The van der Waals surface area contributed by atoms with Crippen LogP contribution in [0.3, 0.4) is 0 Å². The van der Waals surface area contributed by atoms with Gasteiger partial charge >= 0.3 is 0 Å². The van der Waals surface area contributed by atoms with Crippen molar-refractivity contribution >= 4 is 31.9 Å². The van der Waals surface area contributed by atoms with Crippen LogP contribution in [0.5, 0.6) is 0 Å². The van der Waals surface area contributed by atoms with Crippen molar-refractivity contribution < 1.29 is 9.50 Å². The summed E-state index contributed by atoms with van der Waals surface area (Å²) in [6.07, 6.45) is 0.460. The molecule has 0 bridgehead atoms. The maximum atomic E-state index is 13.6. The van der Waals surface area contributed by atoms with E-state index in [0.717, 1.165) is 0 Å². The molecule has 1 unspecified atom stereocenters. The molecule has 1 aromatic carbocycles. The van der Waals surface area contributed by atoms with Gasteiger partial charge in [0.05, 0.1) is 5.69 Å². The average molecular weight is 361 g/mol. The van der Waals surface area contributed by atoms with E-state index in [1.165, 1.54) is 6.07 Å². The Kier molecular flexibility index (Phi) is 3.91. The first kappa shape index (κ1) is 12.7. The van der Waals surface area contributed by atoms with Gasteiger partial charge < -0.3 is 5.11 Å². The molecule has 2 rings (SSSR count). The molecular formula is C12H8Br2FNO. The fraction of sp³-hybridized carbons (Fsp3) is 0.0833. The number of pyridine rings is 1. The molecular weight excluding hydrogens is 353 g/mol. The molecule has 0 saturated carbocycles. The van der Waals surface area contributed by atoms with Crippen LogP contribution in [0.15, 0.2) is 45.5 Å². The van der Waals surface area contributed by atoms with Crippen LogP contribution < -0.4 is 0 Å². The minimum Gasteiger partial charge on any atom is -0.382 e. The van der Waals surface area contributed by atoms with Crippen LogP contribution >= 0.6 is 31.9 Å². The number of benzene rings is 1. The van der Waals surface area contributed by atoms with Crippen LogP contribution in [0, 0.1) is 5.82 Å². The number of hydrogen-bond acceptors (Lipinski definition) is 2. The first-order chi connectivity index (χ1) is 8.09. The Morgan fingerprint density at radius 3 is 2.71 bits per heavy atom. The van der Waals surface area contributed by atoms with Gasteiger partial charge in [-0.25, -0.2) is 4.39 Å². The Balaban J connectivity index is 2.47. The molecule has 88 valence electrons. The van der Waals surface area contributed by atoms with Crippen molar-refractivity contribution in [3.8, 4) is 0 Å². The van der Waals surface area contributed by atoms with E-state index in [9.17, 15) is 9.50 Å². The van der Waals surface area contributed by atoms with Crippen molar-refractivity contribution in [1.82, 2.24) is 4.98 Å². The summed E-state index contributed by atoms with van der Waals surface area (Å²) in [5.74, 6) is -0.460. The van der Waals surface area contributed by atoms with Gasteiger partial charge in [-0.3, -0.25) is 4.98 Å². The normalized spacial score (nSPS) is 12.5. The van der Waals surface area contributed by atoms with Crippen LogP contribution in [0.1, 0.15) is 17.4 Å². The standard InChI is InChI=1S/C12H8Br2FNO/c13-7-3-4-10(15)8(6-7)12(17)11-9(14)2-1-5-16-11/h1-6,12,17H. The molecule has 0 aliphatic carbocycles. The Bertz CT molecular complexity index is 548. The Labute approximate surface area is 115 Å². The van der Waals surface area contributed by atoms with Gasteiger partial charge in [-0.1, -0.05) is 15.9 Å². The number of aliphatic hydroxyl groups excluding tert-OH is 1. The van der Waals surface area contributed by atoms with Crippen LogP contribution in [0.2, 0.25) is 0 Å². The molecule has 0 spiro atoms. The maximum Gasteiger partial charge on any atom is 0.129 e. The van der Waals surface area contributed by atoms with Crippen LogP contribution in [0.25, 0.3) is 0 Å². The van der Waals surface area contributed by atoms with Gasteiger partial charge in [-0.2, -0.15) is 0 Å². The van der Waals surface area contributed by atoms with E-state index < -0.39 is 11.9 Å². The zero-order chi connectivity index (χ0) is 12.4. The highest BCUT2D eigenvalue weighted by molar-refractivity contribution is 9.10. The van der Waals surface area contributed by atoms with Gasteiger partial charge in [-0.15, -0.1) is 0 Å². The average Bonchev–Trinajstić information content (AvgIpc) is 2.32. The molecule has 0 amide bonds. The van der Waals surface area contributed by atoms with Crippen molar-refractivity contribution in [3.63, 3.8) is 0 Å². The molecule has 1 heterocycles. The third-order valence-electron chi connectivity index (χ3n) is 2.30. The highest BCUT2D eigenvalue weighted by atomic mass is 79.9. The quantitative estimate of drug-likeness (QED) is 0.882. The highest BCUT2D eigenvalue weighted by Gasteiger charge is 2.18. The highest BCUT2D eigenvalue weighted by Crippen LogP contribution is 2.29. The predicted octanol–water partition coefficient (Wildman–Crippen LogP) is 3.83. The summed E-state index contributed by atoms with van der Waals surface area (Å²) in [4.78, 5) is 4.05. The molecule has 5 heteroatoms. The van der Waals surface area contributed by atoms with Gasteiger partial charge in [-0.05, 0) is 46.3 Å². The minimum absolute atomic E-state index is 0.193. The van der Waals surface area contributed by atoms with Crippen LogP contribution in [-0.4, -0.2) is 10.1 Å². The molecule has 1 atom stereocenters. The fourth-order valence-corrected chi connectivity index (χ4v) is 2.32. The van der Waals surface area contributed by atoms with E-state index in [0.29, 0.717) is 14.6 Å².